The maximum absolute atomic E-state index is 12.1. The number of esters is 1. The molecular formula is C13H25NO3. The van der Waals surface area contributed by atoms with Crippen LogP contribution in [0.5, 0.6) is 0 Å². The summed E-state index contributed by atoms with van der Waals surface area (Å²) < 4.78 is 11.2. The SMILES string of the molecule is CCC(C)(CN)C(=O)OC1CC(C)OC(C)C1. The molecule has 0 saturated carbocycles. The molecule has 4 nitrogen and oxygen atoms in total. The Morgan fingerprint density at radius 3 is 2.35 bits per heavy atom. The van der Waals surface area contributed by atoms with E-state index in [0.29, 0.717) is 13.0 Å². The second-order valence-corrected chi connectivity index (χ2v) is 5.37. The van der Waals surface area contributed by atoms with E-state index in [0.717, 1.165) is 12.8 Å². The third-order valence-corrected chi connectivity index (χ3v) is 3.65. The van der Waals surface area contributed by atoms with Gasteiger partial charge in [-0.2, -0.15) is 0 Å². The molecule has 0 aliphatic carbocycles. The molecule has 0 spiro atoms. The summed E-state index contributed by atoms with van der Waals surface area (Å²) in [6.07, 6.45) is 2.54. The van der Waals surface area contributed by atoms with Crippen LogP contribution in [-0.2, 0) is 14.3 Å². The average Bonchev–Trinajstić information content (AvgIpc) is 2.26. The highest BCUT2D eigenvalue weighted by Gasteiger charge is 2.35. The number of nitrogens with two attached hydrogens (primary N) is 1. The number of carbonyl (C=O) groups excluding carboxylic acids is 1. The van der Waals surface area contributed by atoms with E-state index >= 15 is 0 Å². The highest BCUT2D eigenvalue weighted by atomic mass is 16.6. The van der Waals surface area contributed by atoms with Crippen molar-refractivity contribution in [2.24, 2.45) is 11.1 Å². The van der Waals surface area contributed by atoms with Gasteiger partial charge in [-0.1, -0.05) is 6.92 Å². The third-order valence-electron chi connectivity index (χ3n) is 3.65. The van der Waals surface area contributed by atoms with Gasteiger partial charge in [-0.05, 0) is 27.2 Å². The van der Waals surface area contributed by atoms with Crippen LogP contribution in [0.2, 0.25) is 0 Å². The first-order valence-electron chi connectivity index (χ1n) is 6.48. The summed E-state index contributed by atoms with van der Waals surface area (Å²) >= 11 is 0. The van der Waals surface area contributed by atoms with Gasteiger partial charge in [0.25, 0.3) is 0 Å². The molecular weight excluding hydrogens is 218 g/mol. The molecule has 1 fully saturated rings. The van der Waals surface area contributed by atoms with Crippen molar-refractivity contribution in [3.8, 4) is 0 Å². The molecule has 1 heterocycles. The number of hydrogen-bond donors (Lipinski definition) is 1. The van der Waals surface area contributed by atoms with Crippen molar-refractivity contribution in [2.45, 2.75) is 65.3 Å². The summed E-state index contributed by atoms with van der Waals surface area (Å²) in [4.78, 5) is 12.1. The Bertz CT molecular complexity index is 253. The van der Waals surface area contributed by atoms with E-state index < -0.39 is 5.41 Å². The lowest BCUT2D eigenvalue weighted by molar-refractivity contribution is -0.170. The Morgan fingerprint density at radius 2 is 1.94 bits per heavy atom. The van der Waals surface area contributed by atoms with Gasteiger partial charge in [0, 0.05) is 19.4 Å². The maximum Gasteiger partial charge on any atom is 0.313 e. The second-order valence-electron chi connectivity index (χ2n) is 5.37. The number of ether oxygens (including phenoxy) is 2. The van der Waals surface area contributed by atoms with E-state index in [9.17, 15) is 4.79 Å². The molecule has 17 heavy (non-hydrogen) atoms. The lowest BCUT2D eigenvalue weighted by Gasteiger charge is -2.34. The minimum atomic E-state index is -0.551. The van der Waals surface area contributed by atoms with Crippen molar-refractivity contribution in [1.82, 2.24) is 0 Å². The molecule has 0 aromatic carbocycles. The maximum atomic E-state index is 12.1. The van der Waals surface area contributed by atoms with Crippen LogP contribution >= 0.6 is 0 Å². The number of carbonyl (C=O) groups is 1. The molecule has 0 radical (unpaired) electrons. The molecule has 0 aromatic rings. The number of hydrogen-bond acceptors (Lipinski definition) is 4. The van der Waals surface area contributed by atoms with E-state index in [1.165, 1.54) is 0 Å². The van der Waals surface area contributed by atoms with Crippen LogP contribution in [0.1, 0.15) is 47.0 Å². The number of rotatable bonds is 4. The summed E-state index contributed by atoms with van der Waals surface area (Å²) in [5, 5.41) is 0. The third kappa shape index (κ3) is 3.68. The van der Waals surface area contributed by atoms with Crippen LogP contribution in [-0.4, -0.2) is 30.8 Å². The van der Waals surface area contributed by atoms with Crippen molar-refractivity contribution in [1.29, 1.82) is 0 Å². The molecule has 1 aliphatic heterocycles. The quantitative estimate of drug-likeness (QED) is 0.766. The van der Waals surface area contributed by atoms with E-state index in [-0.39, 0.29) is 24.3 Å². The van der Waals surface area contributed by atoms with E-state index in [1.54, 1.807) is 0 Å². The zero-order chi connectivity index (χ0) is 13.1. The summed E-state index contributed by atoms with van der Waals surface area (Å²) in [5.74, 6) is -0.172. The van der Waals surface area contributed by atoms with Crippen molar-refractivity contribution < 1.29 is 14.3 Å². The average molecular weight is 243 g/mol. The van der Waals surface area contributed by atoms with Gasteiger partial charge in [0.1, 0.15) is 6.10 Å². The molecule has 0 aromatic heterocycles. The first-order valence-corrected chi connectivity index (χ1v) is 6.48. The van der Waals surface area contributed by atoms with Crippen LogP contribution in [0.3, 0.4) is 0 Å². The first kappa shape index (κ1) is 14.5. The Hall–Kier alpha value is -0.610. The van der Waals surface area contributed by atoms with E-state index in [4.69, 9.17) is 15.2 Å². The molecule has 4 heteroatoms. The Morgan fingerprint density at radius 1 is 1.41 bits per heavy atom. The smallest absolute Gasteiger partial charge is 0.313 e. The summed E-state index contributed by atoms with van der Waals surface area (Å²) in [6, 6.07) is 0. The fourth-order valence-corrected chi connectivity index (χ4v) is 2.11. The van der Waals surface area contributed by atoms with Gasteiger partial charge < -0.3 is 15.2 Å². The zero-order valence-corrected chi connectivity index (χ0v) is 11.4. The van der Waals surface area contributed by atoms with Crippen molar-refractivity contribution >= 4 is 5.97 Å². The summed E-state index contributed by atoms with van der Waals surface area (Å²) in [7, 11) is 0. The molecule has 0 amide bonds. The standard InChI is InChI=1S/C13H25NO3/c1-5-13(4,8-14)12(15)17-11-6-9(2)16-10(3)7-11/h9-11H,5-8,14H2,1-4H3. The van der Waals surface area contributed by atoms with Gasteiger partial charge >= 0.3 is 5.97 Å². The van der Waals surface area contributed by atoms with E-state index in [1.807, 2.05) is 27.7 Å². The van der Waals surface area contributed by atoms with Crippen molar-refractivity contribution in [3.63, 3.8) is 0 Å². The molecule has 0 bridgehead atoms. The van der Waals surface area contributed by atoms with Crippen LogP contribution in [0.4, 0.5) is 0 Å². The highest BCUT2D eigenvalue weighted by molar-refractivity contribution is 5.76. The highest BCUT2D eigenvalue weighted by Crippen LogP contribution is 2.27. The van der Waals surface area contributed by atoms with Gasteiger partial charge in [0.15, 0.2) is 0 Å². The lowest BCUT2D eigenvalue weighted by atomic mass is 9.88. The van der Waals surface area contributed by atoms with Gasteiger partial charge in [0.05, 0.1) is 17.6 Å². The predicted molar refractivity (Wildman–Crippen MR) is 66.6 cm³/mol. The Kier molecular flexibility index (Phi) is 4.95. The largest absolute Gasteiger partial charge is 0.462 e. The molecule has 2 N–H and O–H groups in total. The minimum absolute atomic E-state index is 0.0290. The Labute approximate surface area is 104 Å². The van der Waals surface area contributed by atoms with Crippen LogP contribution in [0.25, 0.3) is 0 Å². The topological polar surface area (TPSA) is 61.6 Å². The molecule has 1 rings (SSSR count). The fraction of sp³-hybridized carbons (Fsp3) is 0.923. The molecule has 1 aliphatic rings. The minimum Gasteiger partial charge on any atom is -0.462 e. The van der Waals surface area contributed by atoms with Gasteiger partial charge in [-0.3, -0.25) is 4.79 Å². The molecule has 100 valence electrons. The van der Waals surface area contributed by atoms with Crippen LogP contribution in [0, 0.1) is 5.41 Å². The van der Waals surface area contributed by atoms with Crippen molar-refractivity contribution in [3.05, 3.63) is 0 Å². The van der Waals surface area contributed by atoms with E-state index in [2.05, 4.69) is 0 Å². The van der Waals surface area contributed by atoms with Crippen molar-refractivity contribution in [2.75, 3.05) is 6.54 Å². The fourth-order valence-electron chi connectivity index (χ4n) is 2.11. The summed E-state index contributed by atoms with van der Waals surface area (Å²) in [5.41, 5.74) is 5.10. The predicted octanol–water partition coefficient (Wildman–Crippen LogP) is 1.86. The van der Waals surface area contributed by atoms with Crippen LogP contribution < -0.4 is 5.73 Å². The van der Waals surface area contributed by atoms with Gasteiger partial charge in [-0.15, -0.1) is 0 Å². The lowest BCUT2D eigenvalue weighted by Crippen LogP contribution is -2.42. The monoisotopic (exact) mass is 243 g/mol. The Balaban J connectivity index is 2.56. The van der Waals surface area contributed by atoms with Crippen LogP contribution in [0.15, 0.2) is 0 Å². The normalized spacial score (nSPS) is 32.9. The zero-order valence-electron chi connectivity index (χ0n) is 11.4. The molecule has 3 atom stereocenters. The van der Waals surface area contributed by atoms with Gasteiger partial charge in [0.2, 0.25) is 0 Å². The molecule has 1 saturated heterocycles. The first-order chi connectivity index (χ1) is 7.91. The second kappa shape index (κ2) is 5.83. The summed E-state index contributed by atoms with van der Waals surface area (Å²) in [6.45, 7) is 8.18. The molecule has 3 unspecified atom stereocenters. The van der Waals surface area contributed by atoms with Gasteiger partial charge in [-0.25, -0.2) is 0 Å².